The van der Waals surface area contributed by atoms with Crippen molar-refractivity contribution in [3.63, 3.8) is 0 Å². The van der Waals surface area contributed by atoms with Gasteiger partial charge in [-0.2, -0.15) is 26.3 Å². The van der Waals surface area contributed by atoms with Gasteiger partial charge in [0, 0.05) is 18.7 Å². The Morgan fingerprint density at radius 1 is 0.930 bits per heavy atom. The van der Waals surface area contributed by atoms with E-state index in [0.29, 0.717) is 30.7 Å². The van der Waals surface area contributed by atoms with Crippen LogP contribution in [0.5, 0.6) is 5.75 Å². The Balaban J connectivity index is 2.15. The third-order valence-corrected chi connectivity index (χ3v) is 7.59. The van der Waals surface area contributed by atoms with E-state index in [0.717, 1.165) is 28.7 Å². The van der Waals surface area contributed by atoms with Crippen LogP contribution in [0.1, 0.15) is 94.5 Å². The number of hydrogen-bond acceptors (Lipinski definition) is 3. The molecule has 2 aromatic rings. The van der Waals surface area contributed by atoms with Crippen molar-refractivity contribution in [2.24, 2.45) is 11.3 Å². The van der Waals surface area contributed by atoms with Crippen molar-refractivity contribution >= 4 is 11.7 Å². The number of hydrogen-bond donors (Lipinski definition) is 0. The van der Waals surface area contributed by atoms with Gasteiger partial charge < -0.3 is 9.47 Å². The molecule has 3 rings (SSSR count). The molecule has 0 fully saturated rings. The first kappa shape index (κ1) is 34.3. The zero-order valence-electron chi connectivity index (χ0n) is 25.8. The van der Waals surface area contributed by atoms with Crippen molar-refractivity contribution in [1.29, 1.82) is 0 Å². The molecule has 0 aromatic heterocycles. The molecular weight excluding hydrogens is 572 g/mol. The van der Waals surface area contributed by atoms with Crippen LogP contribution in [0.3, 0.4) is 0 Å². The van der Waals surface area contributed by atoms with Crippen molar-refractivity contribution < 1.29 is 40.6 Å². The van der Waals surface area contributed by atoms with E-state index >= 15 is 0 Å². The summed E-state index contributed by atoms with van der Waals surface area (Å²) in [6.07, 6.45) is -8.72. The summed E-state index contributed by atoms with van der Waals surface area (Å²) >= 11 is 0. The third-order valence-electron chi connectivity index (χ3n) is 7.59. The number of allylic oxidation sites excluding steroid dienone is 1. The first-order valence-corrected chi connectivity index (χ1v) is 14.4. The number of amides is 1. The lowest BCUT2D eigenvalue weighted by Crippen LogP contribution is -2.35. The second-order valence-electron chi connectivity index (χ2n) is 12.8. The number of nitrogens with zero attached hydrogens (tertiary/aromatic N) is 1. The molecule has 0 heterocycles. The standard InChI is InChI=1S/C33H41F6NO3/c1-20(2)19-43-30(41)40(17-22-12-25(32(34,35)36)15-26(13-22)33(37,38)39)18-24-16-31(5,6)11-10-27(24)28-14-23(21(3)4)8-9-29(28)42-7/h8-9,12-15,20-21H,10-11,16-19H2,1-7H3. The molecule has 10 heteroatoms. The monoisotopic (exact) mass is 613 g/mol. The highest BCUT2D eigenvalue weighted by Crippen LogP contribution is 2.45. The van der Waals surface area contributed by atoms with Crippen LogP contribution in [0.4, 0.5) is 31.1 Å². The Bertz CT molecular complexity index is 1290. The van der Waals surface area contributed by atoms with Crippen LogP contribution in [0.25, 0.3) is 5.57 Å². The normalized spacial score (nSPS) is 15.7. The summed E-state index contributed by atoms with van der Waals surface area (Å²) in [5.74, 6) is 0.862. The van der Waals surface area contributed by atoms with E-state index < -0.39 is 36.1 Å². The molecule has 0 N–H and O–H groups in total. The van der Waals surface area contributed by atoms with Crippen molar-refractivity contribution in [1.82, 2.24) is 4.90 Å². The highest BCUT2D eigenvalue weighted by Gasteiger charge is 2.37. The van der Waals surface area contributed by atoms with Gasteiger partial charge >= 0.3 is 18.4 Å². The largest absolute Gasteiger partial charge is 0.496 e. The van der Waals surface area contributed by atoms with Crippen molar-refractivity contribution in [3.8, 4) is 5.75 Å². The molecule has 0 spiro atoms. The fraction of sp³-hybridized carbons (Fsp3) is 0.545. The molecule has 1 amide bonds. The number of methoxy groups -OCH3 is 1. The van der Waals surface area contributed by atoms with Gasteiger partial charge in [-0.05, 0) is 89.1 Å². The smallest absolute Gasteiger partial charge is 0.416 e. The van der Waals surface area contributed by atoms with Crippen LogP contribution >= 0.6 is 0 Å². The van der Waals surface area contributed by atoms with Gasteiger partial charge in [-0.1, -0.05) is 47.6 Å². The van der Waals surface area contributed by atoms with E-state index in [1.807, 2.05) is 26.0 Å². The molecule has 238 valence electrons. The summed E-state index contributed by atoms with van der Waals surface area (Å²) in [5, 5.41) is 0. The minimum absolute atomic E-state index is 0.0254. The Kier molecular flexibility index (Phi) is 10.6. The van der Waals surface area contributed by atoms with Crippen molar-refractivity contribution in [2.75, 3.05) is 20.3 Å². The average Bonchev–Trinajstić information content (AvgIpc) is 2.89. The molecule has 1 aliphatic rings. The maximum Gasteiger partial charge on any atom is 0.416 e. The lowest BCUT2D eigenvalue weighted by molar-refractivity contribution is -0.143. The second kappa shape index (κ2) is 13.2. The topological polar surface area (TPSA) is 38.8 Å². The molecule has 0 bridgehead atoms. The predicted molar refractivity (Wildman–Crippen MR) is 155 cm³/mol. The fourth-order valence-electron chi connectivity index (χ4n) is 5.29. The quantitative estimate of drug-likeness (QED) is 0.264. The molecule has 0 atom stereocenters. The number of rotatable bonds is 9. The van der Waals surface area contributed by atoms with E-state index in [1.165, 1.54) is 4.90 Å². The molecule has 43 heavy (non-hydrogen) atoms. The van der Waals surface area contributed by atoms with Crippen molar-refractivity contribution in [3.05, 3.63) is 69.8 Å². The van der Waals surface area contributed by atoms with Gasteiger partial charge in [0.1, 0.15) is 5.75 Å². The van der Waals surface area contributed by atoms with Gasteiger partial charge in [-0.15, -0.1) is 0 Å². The molecule has 0 saturated heterocycles. The van der Waals surface area contributed by atoms with Crippen LogP contribution in [0.15, 0.2) is 42.0 Å². The van der Waals surface area contributed by atoms with Crippen molar-refractivity contribution in [2.45, 2.75) is 85.6 Å². The minimum atomic E-state index is -5.00. The molecular formula is C33H41F6NO3. The second-order valence-corrected chi connectivity index (χ2v) is 12.8. The Labute approximate surface area is 250 Å². The Hall–Kier alpha value is -3.17. The SMILES string of the molecule is COc1ccc(C(C)C)cc1C1=C(CN(Cc2cc(C(F)(F)F)cc(C(F)(F)F)c2)C(=O)OCC(C)C)CC(C)(C)CC1. The lowest BCUT2D eigenvalue weighted by atomic mass is 9.72. The number of alkyl halides is 6. The van der Waals surface area contributed by atoms with Gasteiger partial charge in [0.05, 0.1) is 24.8 Å². The minimum Gasteiger partial charge on any atom is -0.496 e. The summed E-state index contributed by atoms with van der Waals surface area (Å²) in [7, 11) is 1.57. The number of carbonyl (C=O) groups excluding carboxylic acids is 1. The van der Waals surface area contributed by atoms with Crippen LogP contribution < -0.4 is 4.74 Å². The fourth-order valence-corrected chi connectivity index (χ4v) is 5.29. The van der Waals surface area contributed by atoms with Crippen LogP contribution in [-0.4, -0.2) is 31.3 Å². The van der Waals surface area contributed by atoms with E-state index in [4.69, 9.17) is 9.47 Å². The van der Waals surface area contributed by atoms with E-state index in [-0.39, 0.29) is 42.0 Å². The maximum atomic E-state index is 13.6. The van der Waals surface area contributed by atoms with E-state index in [9.17, 15) is 31.1 Å². The molecule has 2 aromatic carbocycles. The number of carbonyl (C=O) groups is 1. The van der Waals surface area contributed by atoms with Gasteiger partial charge in [0.2, 0.25) is 0 Å². The third kappa shape index (κ3) is 9.16. The maximum absolute atomic E-state index is 13.6. The summed E-state index contributed by atoms with van der Waals surface area (Å²) in [5.41, 5.74) is 0.482. The molecule has 0 unspecified atom stereocenters. The van der Waals surface area contributed by atoms with Crippen LogP contribution in [0, 0.1) is 11.3 Å². The van der Waals surface area contributed by atoms with Crippen LogP contribution in [-0.2, 0) is 23.6 Å². The van der Waals surface area contributed by atoms with E-state index in [1.54, 1.807) is 7.11 Å². The molecule has 0 aliphatic heterocycles. The molecule has 0 radical (unpaired) electrons. The summed E-state index contributed by atoms with van der Waals surface area (Å²) in [6.45, 7) is 11.5. The Morgan fingerprint density at radius 3 is 2.05 bits per heavy atom. The summed E-state index contributed by atoms with van der Waals surface area (Å²) in [6, 6.07) is 7.34. The first-order chi connectivity index (χ1) is 19.8. The average molecular weight is 614 g/mol. The number of ether oxygens (including phenoxy) is 2. The first-order valence-electron chi connectivity index (χ1n) is 14.4. The van der Waals surface area contributed by atoms with Crippen LogP contribution in [0.2, 0.25) is 0 Å². The Morgan fingerprint density at radius 2 is 1.53 bits per heavy atom. The van der Waals surface area contributed by atoms with Gasteiger partial charge in [-0.25, -0.2) is 4.79 Å². The highest BCUT2D eigenvalue weighted by molar-refractivity contribution is 5.76. The number of benzene rings is 2. The summed E-state index contributed by atoms with van der Waals surface area (Å²) < 4.78 is 92.8. The zero-order valence-corrected chi connectivity index (χ0v) is 25.8. The molecule has 1 aliphatic carbocycles. The lowest BCUT2D eigenvalue weighted by Gasteiger charge is -2.36. The van der Waals surface area contributed by atoms with Gasteiger partial charge in [0.15, 0.2) is 0 Å². The van der Waals surface area contributed by atoms with Gasteiger partial charge in [-0.3, -0.25) is 4.90 Å². The number of halogens is 6. The van der Waals surface area contributed by atoms with Gasteiger partial charge in [0.25, 0.3) is 0 Å². The highest BCUT2D eigenvalue weighted by atomic mass is 19.4. The summed E-state index contributed by atoms with van der Waals surface area (Å²) in [4.78, 5) is 14.6. The molecule has 4 nitrogen and oxygen atoms in total. The molecule has 0 saturated carbocycles. The van der Waals surface area contributed by atoms with E-state index in [2.05, 4.69) is 33.8 Å². The zero-order chi connectivity index (χ0) is 32.3. The predicted octanol–water partition coefficient (Wildman–Crippen LogP) is 10.1.